The van der Waals surface area contributed by atoms with Crippen LogP contribution in [0, 0.1) is 0 Å². The number of H-pyrrole nitrogens is 2. The average molecular weight is 316 g/mol. The molecule has 1 aromatic carbocycles. The van der Waals surface area contributed by atoms with Crippen LogP contribution in [0.5, 0.6) is 0 Å². The van der Waals surface area contributed by atoms with Crippen molar-refractivity contribution >= 4 is 34.5 Å². The highest BCUT2D eigenvalue weighted by molar-refractivity contribution is 7.99. The van der Waals surface area contributed by atoms with Gasteiger partial charge in [0.15, 0.2) is 0 Å². The molecule has 0 bridgehead atoms. The first-order chi connectivity index (χ1) is 10.7. The van der Waals surface area contributed by atoms with Crippen molar-refractivity contribution in [1.29, 1.82) is 0 Å². The number of rotatable bonds is 6. The van der Waals surface area contributed by atoms with Crippen molar-refractivity contribution in [2.75, 3.05) is 18.0 Å². The van der Waals surface area contributed by atoms with E-state index in [1.807, 2.05) is 24.4 Å². The number of aromatic nitrogens is 4. The maximum atomic E-state index is 11.8. The predicted molar refractivity (Wildman–Crippen MR) is 86.5 cm³/mol. The predicted octanol–water partition coefficient (Wildman–Crippen LogP) is 1.32. The lowest BCUT2D eigenvalue weighted by Gasteiger charge is -2.03. The number of carbonyl (C=O) groups excluding carboxylic acids is 1. The molecule has 7 nitrogen and oxygen atoms in total. The van der Waals surface area contributed by atoms with E-state index in [1.165, 1.54) is 22.7 Å². The molecule has 22 heavy (non-hydrogen) atoms. The largest absolute Gasteiger partial charge is 0.368 e. The summed E-state index contributed by atoms with van der Waals surface area (Å²) in [5.41, 5.74) is 7.73. The minimum atomic E-state index is -0.0480. The van der Waals surface area contributed by atoms with E-state index < -0.39 is 0 Å². The lowest BCUT2D eigenvalue weighted by Crippen LogP contribution is -2.27. The van der Waals surface area contributed by atoms with Gasteiger partial charge in [-0.3, -0.25) is 4.79 Å². The van der Waals surface area contributed by atoms with Crippen LogP contribution in [0.25, 0.3) is 10.9 Å². The molecule has 0 fully saturated rings. The third-order valence-electron chi connectivity index (χ3n) is 3.21. The zero-order valence-corrected chi connectivity index (χ0v) is 12.6. The van der Waals surface area contributed by atoms with Crippen LogP contribution in [0.1, 0.15) is 5.56 Å². The molecular formula is C14H16N6OS. The number of nitrogens with one attached hydrogen (secondary N) is 3. The molecule has 2 aromatic heterocycles. The maximum absolute atomic E-state index is 11.8. The van der Waals surface area contributed by atoms with Crippen LogP contribution >= 0.6 is 11.8 Å². The minimum Gasteiger partial charge on any atom is -0.368 e. The number of hydrogen-bond donors (Lipinski definition) is 4. The first kappa shape index (κ1) is 14.5. The van der Waals surface area contributed by atoms with Gasteiger partial charge >= 0.3 is 0 Å². The fourth-order valence-corrected chi connectivity index (χ4v) is 2.81. The van der Waals surface area contributed by atoms with Gasteiger partial charge in [0.05, 0.1) is 5.75 Å². The smallest absolute Gasteiger partial charge is 0.230 e. The molecule has 0 saturated carbocycles. The molecular weight excluding hydrogens is 300 g/mol. The summed E-state index contributed by atoms with van der Waals surface area (Å²) in [5, 5.41) is 11.0. The number of hydrogen-bond acceptors (Lipinski definition) is 5. The molecule has 5 N–H and O–H groups in total. The standard InChI is InChI=1S/C14H16N6OS/c15-13-18-14(20-19-13)22-8-12(21)16-6-5-9-7-17-11-4-2-1-3-10(9)11/h1-4,7,17H,5-6,8H2,(H,16,21)(H3,15,18,19,20). The molecule has 0 aliphatic heterocycles. The Kier molecular flexibility index (Phi) is 4.29. The molecule has 0 unspecified atom stereocenters. The zero-order valence-electron chi connectivity index (χ0n) is 11.8. The molecule has 0 aliphatic rings. The lowest BCUT2D eigenvalue weighted by atomic mass is 10.1. The number of nitrogen functional groups attached to an aromatic ring is 1. The Bertz CT molecular complexity index is 780. The van der Waals surface area contributed by atoms with Crippen LogP contribution < -0.4 is 11.1 Å². The Labute approximate surface area is 131 Å². The normalized spacial score (nSPS) is 10.9. The van der Waals surface area contributed by atoms with Crippen molar-refractivity contribution < 1.29 is 4.79 Å². The highest BCUT2D eigenvalue weighted by atomic mass is 32.2. The molecule has 0 radical (unpaired) electrons. The Morgan fingerprint density at radius 3 is 3.05 bits per heavy atom. The summed E-state index contributed by atoms with van der Waals surface area (Å²) in [7, 11) is 0. The summed E-state index contributed by atoms with van der Waals surface area (Å²) >= 11 is 1.25. The van der Waals surface area contributed by atoms with Crippen LogP contribution in [-0.4, -0.2) is 38.4 Å². The van der Waals surface area contributed by atoms with E-state index in [0.29, 0.717) is 11.7 Å². The van der Waals surface area contributed by atoms with Gasteiger partial charge in [0, 0.05) is 23.6 Å². The summed E-state index contributed by atoms with van der Waals surface area (Å²) in [6, 6.07) is 8.12. The van der Waals surface area contributed by atoms with Crippen molar-refractivity contribution in [3.63, 3.8) is 0 Å². The summed E-state index contributed by atoms with van der Waals surface area (Å²) < 4.78 is 0. The van der Waals surface area contributed by atoms with E-state index in [4.69, 9.17) is 5.73 Å². The van der Waals surface area contributed by atoms with Crippen LogP contribution in [-0.2, 0) is 11.2 Å². The summed E-state index contributed by atoms with van der Waals surface area (Å²) in [5.74, 6) is 0.473. The van der Waals surface area contributed by atoms with Crippen LogP contribution in [0.3, 0.4) is 0 Å². The van der Waals surface area contributed by atoms with Gasteiger partial charge in [-0.05, 0) is 18.1 Å². The number of aromatic amines is 2. The summed E-state index contributed by atoms with van der Waals surface area (Å²) in [6.45, 7) is 0.595. The van der Waals surface area contributed by atoms with Crippen LogP contribution in [0.2, 0.25) is 0 Å². The zero-order chi connectivity index (χ0) is 15.4. The second kappa shape index (κ2) is 6.52. The van der Waals surface area contributed by atoms with Crippen molar-refractivity contribution in [1.82, 2.24) is 25.5 Å². The Hall–Kier alpha value is -2.48. The molecule has 0 saturated heterocycles. The van der Waals surface area contributed by atoms with E-state index in [2.05, 4.69) is 31.5 Å². The molecule has 8 heteroatoms. The molecule has 0 aliphatic carbocycles. The third kappa shape index (κ3) is 3.40. The van der Waals surface area contributed by atoms with Gasteiger partial charge in [-0.2, -0.15) is 4.98 Å². The second-order valence-electron chi connectivity index (χ2n) is 4.75. The molecule has 1 amide bonds. The molecule has 0 atom stereocenters. The molecule has 3 aromatic rings. The second-order valence-corrected chi connectivity index (χ2v) is 5.69. The van der Waals surface area contributed by atoms with Crippen molar-refractivity contribution in [3.8, 4) is 0 Å². The average Bonchev–Trinajstić information content (AvgIpc) is 3.12. The number of para-hydroxylation sites is 1. The highest BCUT2D eigenvalue weighted by Crippen LogP contribution is 2.17. The number of thioether (sulfide) groups is 1. The lowest BCUT2D eigenvalue weighted by molar-refractivity contribution is -0.118. The van der Waals surface area contributed by atoms with Crippen molar-refractivity contribution in [2.45, 2.75) is 11.6 Å². The van der Waals surface area contributed by atoms with Gasteiger partial charge in [0.25, 0.3) is 0 Å². The molecule has 114 valence electrons. The first-order valence-corrected chi connectivity index (χ1v) is 7.83. The Morgan fingerprint density at radius 1 is 1.36 bits per heavy atom. The molecule has 0 spiro atoms. The third-order valence-corrected chi connectivity index (χ3v) is 4.05. The summed E-state index contributed by atoms with van der Waals surface area (Å²) in [6.07, 6.45) is 2.77. The summed E-state index contributed by atoms with van der Waals surface area (Å²) in [4.78, 5) is 18.9. The Balaban J connectivity index is 1.45. The van der Waals surface area contributed by atoms with Crippen molar-refractivity contribution in [2.24, 2.45) is 0 Å². The molecule has 3 rings (SSSR count). The number of fused-ring (bicyclic) bond motifs is 1. The van der Waals surface area contributed by atoms with E-state index in [-0.39, 0.29) is 17.6 Å². The van der Waals surface area contributed by atoms with Gasteiger partial charge in [0.1, 0.15) is 0 Å². The van der Waals surface area contributed by atoms with E-state index >= 15 is 0 Å². The highest BCUT2D eigenvalue weighted by Gasteiger charge is 2.07. The maximum Gasteiger partial charge on any atom is 0.230 e. The fraction of sp³-hybridized carbons (Fsp3) is 0.214. The monoisotopic (exact) mass is 316 g/mol. The minimum absolute atomic E-state index is 0.0480. The number of anilines is 1. The number of amides is 1. The van der Waals surface area contributed by atoms with E-state index in [1.54, 1.807) is 0 Å². The Morgan fingerprint density at radius 2 is 2.23 bits per heavy atom. The SMILES string of the molecule is Nc1nc(SCC(=O)NCCc2c[nH]c3ccccc23)n[nH]1. The topological polar surface area (TPSA) is 112 Å². The number of nitrogens with zero attached hydrogens (tertiary/aromatic N) is 2. The van der Waals surface area contributed by atoms with Gasteiger partial charge in [-0.25, -0.2) is 5.10 Å². The number of carbonyl (C=O) groups is 1. The molecule has 2 heterocycles. The number of benzene rings is 1. The van der Waals surface area contributed by atoms with Crippen LogP contribution in [0.15, 0.2) is 35.6 Å². The van der Waals surface area contributed by atoms with Gasteiger partial charge in [0.2, 0.25) is 17.0 Å². The number of nitrogens with two attached hydrogens (primary N) is 1. The van der Waals surface area contributed by atoms with Gasteiger partial charge in [-0.15, -0.1) is 5.10 Å². The quantitative estimate of drug-likeness (QED) is 0.512. The fourth-order valence-electron chi connectivity index (χ4n) is 2.18. The van der Waals surface area contributed by atoms with Gasteiger partial charge < -0.3 is 16.0 Å². The van der Waals surface area contributed by atoms with E-state index in [0.717, 1.165) is 11.9 Å². The first-order valence-electron chi connectivity index (χ1n) is 6.85. The van der Waals surface area contributed by atoms with Crippen molar-refractivity contribution in [3.05, 3.63) is 36.0 Å². The van der Waals surface area contributed by atoms with E-state index in [9.17, 15) is 4.79 Å². The van der Waals surface area contributed by atoms with Gasteiger partial charge in [-0.1, -0.05) is 30.0 Å². The van der Waals surface area contributed by atoms with Crippen LogP contribution in [0.4, 0.5) is 5.95 Å².